The van der Waals surface area contributed by atoms with Crippen LogP contribution in [-0.2, 0) is 15.8 Å². The molecule has 0 aliphatic rings. The zero-order valence-electron chi connectivity index (χ0n) is 9.93. The summed E-state index contributed by atoms with van der Waals surface area (Å²) in [6.45, 7) is 0. The van der Waals surface area contributed by atoms with Crippen molar-refractivity contribution in [1.82, 2.24) is 10.2 Å². The van der Waals surface area contributed by atoms with E-state index in [1.807, 2.05) is 0 Å². The van der Waals surface area contributed by atoms with E-state index < -0.39 is 15.6 Å². The van der Waals surface area contributed by atoms with E-state index in [9.17, 15) is 13.2 Å². The van der Waals surface area contributed by atoms with E-state index in [4.69, 9.17) is 23.2 Å². The summed E-state index contributed by atoms with van der Waals surface area (Å²) in [5.41, 5.74) is 0.0637. The predicted octanol–water partition coefficient (Wildman–Crippen LogP) is 2.02. The molecule has 0 bridgehead atoms. The minimum absolute atomic E-state index is 0.0321. The summed E-state index contributed by atoms with van der Waals surface area (Å²) in [5.74, 6) is -0.255. The van der Waals surface area contributed by atoms with Crippen LogP contribution >= 0.6 is 23.2 Å². The average molecular weight is 334 g/mol. The molecule has 0 atom stereocenters. The Morgan fingerprint density at radius 2 is 1.90 bits per heavy atom. The molecule has 2 N–H and O–H groups in total. The molecule has 0 saturated carbocycles. The van der Waals surface area contributed by atoms with Gasteiger partial charge >= 0.3 is 0 Å². The van der Waals surface area contributed by atoms with E-state index in [1.54, 1.807) is 6.07 Å². The quantitative estimate of drug-likeness (QED) is 0.895. The minimum atomic E-state index is -3.67. The zero-order chi connectivity index (χ0) is 14.8. The molecule has 0 aliphatic carbocycles. The predicted molar refractivity (Wildman–Crippen MR) is 77.6 cm³/mol. The van der Waals surface area contributed by atoms with Crippen molar-refractivity contribution in [3.8, 4) is 0 Å². The number of aromatic nitrogens is 2. The fourth-order valence-electron chi connectivity index (χ4n) is 1.45. The molecule has 1 heterocycles. The van der Waals surface area contributed by atoms with Crippen LogP contribution in [0.5, 0.6) is 0 Å². The van der Waals surface area contributed by atoms with Crippen molar-refractivity contribution in [2.24, 2.45) is 0 Å². The lowest BCUT2D eigenvalue weighted by Crippen LogP contribution is -2.17. The summed E-state index contributed by atoms with van der Waals surface area (Å²) in [7, 11) is -3.67. The van der Waals surface area contributed by atoms with Gasteiger partial charge in [0.15, 0.2) is 5.82 Å². The van der Waals surface area contributed by atoms with Gasteiger partial charge < -0.3 is 0 Å². The topological polar surface area (TPSA) is 91.9 Å². The maximum atomic E-state index is 11.9. The number of hydrogen-bond donors (Lipinski definition) is 2. The molecule has 0 aliphatic heterocycles. The van der Waals surface area contributed by atoms with Gasteiger partial charge in [0.05, 0.1) is 15.8 Å². The standard InChI is InChI=1S/C11H9Cl2N3O3S/c12-8-2-1-7(5-9(8)13)6-20(18,19)16-10-3-4-11(17)15-14-10/h1-5H,6H2,(H,14,16)(H,15,17). The number of benzene rings is 1. The first kappa shape index (κ1) is 14.8. The monoisotopic (exact) mass is 333 g/mol. The van der Waals surface area contributed by atoms with E-state index in [2.05, 4.69) is 14.9 Å². The van der Waals surface area contributed by atoms with E-state index in [1.165, 1.54) is 24.3 Å². The first-order chi connectivity index (χ1) is 9.35. The van der Waals surface area contributed by atoms with E-state index in [-0.39, 0.29) is 16.6 Å². The molecular formula is C11H9Cl2N3O3S. The second-order valence-corrected chi connectivity index (χ2v) is 6.45. The summed E-state index contributed by atoms with van der Waals surface area (Å²) in [6.07, 6.45) is 0. The highest BCUT2D eigenvalue weighted by Crippen LogP contribution is 2.23. The third-order valence-corrected chi connectivity index (χ3v) is 4.25. The Kier molecular flexibility index (Phi) is 4.32. The molecule has 2 rings (SSSR count). The lowest BCUT2D eigenvalue weighted by molar-refractivity contribution is 0.600. The Morgan fingerprint density at radius 1 is 1.15 bits per heavy atom. The number of halogens is 2. The van der Waals surface area contributed by atoms with Gasteiger partial charge in [-0.25, -0.2) is 13.5 Å². The summed E-state index contributed by atoms with van der Waals surface area (Å²) >= 11 is 11.6. The first-order valence-electron chi connectivity index (χ1n) is 5.36. The molecule has 0 fully saturated rings. The van der Waals surface area contributed by atoms with Crippen LogP contribution in [0, 0.1) is 0 Å². The Morgan fingerprint density at radius 3 is 2.50 bits per heavy atom. The number of nitrogens with zero attached hydrogens (tertiary/aromatic N) is 1. The SMILES string of the molecule is O=c1ccc(NS(=O)(=O)Cc2ccc(Cl)c(Cl)c2)n[nH]1. The highest BCUT2D eigenvalue weighted by atomic mass is 35.5. The second kappa shape index (κ2) is 5.82. The van der Waals surface area contributed by atoms with Crippen molar-refractivity contribution in [3.63, 3.8) is 0 Å². The van der Waals surface area contributed by atoms with Crippen molar-refractivity contribution >= 4 is 39.0 Å². The maximum absolute atomic E-state index is 11.9. The Hall–Kier alpha value is -1.57. The molecule has 0 spiro atoms. The van der Waals surface area contributed by atoms with Gasteiger partial charge in [0, 0.05) is 6.07 Å². The molecule has 6 nitrogen and oxygen atoms in total. The molecule has 20 heavy (non-hydrogen) atoms. The fourth-order valence-corrected chi connectivity index (χ4v) is 2.89. The van der Waals surface area contributed by atoms with Crippen molar-refractivity contribution in [2.45, 2.75) is 5.75 Å². The van der Waals surface area contributed by atoms with Crippen molar-refractivity contribution in [3.05, 3.63) is 56.3 Å². The van der Waals surface area contributed by atoms with Crippen LogP contribution in [0.3, 0.4) is 0 Å². The zero-order valence-corrected chi connectivity index (χ0v) is 12.3. The maximum Gasteiger partial charge on any atom is 0.264 e. The number of aromatic amines is 1. The van der Waals surface area contributed by atoms with Crippen molar-refractivity contribution in [2.75, 3.05) is 4.72 Å². The largest absolute Gasteiger partial charge is 0.268 e. The van der Waals surface area contributed by atoms with Gasteiger partial charge in [-0.15, -0.1) is 0 Å². The summed E-state index contributed by atoms with van der Waals surface area (Å²) < 4.78 is 26.1. The third-order valence-electron chi connectivity index (χ3n) is 2.28. The molecular weight excluding hydrogens is 325 g/mol. The molecule has 9 heteroatoms. The van der Waals surface area contributed by atoms with Gasteiger partial charge in [0.2, 0.25) is 10.0 Å². The van der Waals surface area contributed by atoms with Gasteiger partial charge in [0.1, 0.15) is 0 Å². The van der Waals surface area contributed by atoms with Crippen molar-refractivity contribution < 1.29 is 8.42 Å². The van der Waals surface area contributed by atoms with Gasteiger partial charge in [0.25, 0.3) is 5.56 Å². The van der Waals surface area contributed by atoms with Crippen LogP contribution in [0.4, 0.5) is 5.82 Å². The molecule has 1 aromatic heterocycles. The first-order valence-corrected chi connectivity index (χ1v) is 7.77. The molecule has 0 amide bonds. The van der Waals surface area contributed by atoms with Crippen LogP contribution in [0.25, 0.3) is 0 Å². The van der Waals surface area contributed by atoms with Crippen LogP contribution in [-0.4, -0.2) is 18.6 Å². The lowest BCUT2D eigenvalue weighted by Gasteiger charge is -2.07. The van der Waals surface area contributed by atoms with Crippen LogP contribution in [0.15, 0.2) is 35.1 Å². The van der Waals surface area contributed by atoms with Crippen molar-refractivity contribution in [1.29, 1.82) is 0 Å². The molecule has 2 aromatic rings. The molecule has 106 valence electrons. The third kappa shape index (κ3) is 3.96. The number of sulfonamides is 1. The van der Waals surface area contributed by atoms with E-state index >= 15 is 0 Å². The van der Waals surface area contributed by atoms with Gasteiger partial charge in [-0.05, 0) is 23.8 Å². The average Bonchev–Trinajstić information content (AvgIpc) is 2.36. The fraction of sp³-hybridized carbons (Fsp3) is 0.0909. The van der Waals surface area contributed by atoms with Gasteiger partial charge in [-0.2, -0.15) is 5.10 Å². The Labute approximate surface area is 124 Å². The number of anilines is 1. The van der Waals surface area contributed by atoms with E-state index in [0.29, 0.717) is 10.6 Å². The Balaban J connectivity index is 2.16. The van der Waals surface area contributed by atoms with Crippen LogP contribution in [0.1, 0.15) is 5.56 Å². The summed E-state index contributed by atoms with van der Waals surface area (Å²) in [4.78, 5) is 10.8. The molecule has 1 aromatic carbocycles. The number of H-pyrrole nitrogens is 1. The number of hydrogen-bond acceptors (Lipinski definition) is 4. The Bertz CT molecular complexity index is 769. The van der Waals surface area contributed by atoms with Crippen LogP contribution in [0.2, 0.25) is 10.0 Å². The number of rotatable bonds is 4. The highest BCUT2D eigenvalue weighted by molar-refractivity contribution is 7.91. The smallest absolute Gasteiger partial charge is 0.264 e. The molecule has 0 unspecified atom stereocenters. The summed E-state index contributed by atoms with van der Waals surface area (Å²) in [5, 5.41) is 6.32. The molecule has 0 radical (unpaired) electrons. The van der Waals surface area contributed by atoms with E-state index in [0.717, 1.165) is 0 Å². The minimum Gasteiger partial charge on any atom is -0.268 e. The normalized spacial score (nSPS) is 11.3. The molecule has 0 saturated heterocycles. The van der Waals surface area contributed by atoms with Gasteiger partial charge in [-0.3, -0.25) is 9.52 Å². The van der Waals surface area contributed by atoms with Gasteiger partial charge in [-0.1, -0.05) is 29.3 Å². The second-order valence-electron chi connectivity index (χ2n) is 3.92. The summed E-state index contributed by atoms with van der Waals surface area (Å²) in [6, 6.07) is 7.00. The lowest BCUT2D eigenvalue weighted by atomic mass is 10.2. The highest BCUT2D eigenvalue weighted by Gasteiger charge is 2.13. The number of nitrogens with one attached hydrogen (secondary N) is 2. The van der Waals surface area contributed by atoms with Crippen LogP contribution < -0.4 is 10.3 Å².